The van der Waals surface area contributed by atoms with Gasteiger partial charge in [0.25, 0.3) is 5.91 Å². The quantitative estimate of drug-likeness (QED) is 0.825. The van der Waals surface area contributed by atoms with Crippen LogP contribution in [0.3, 0.4) is 0 Å². The first kappa shape index (κ1) is 13.3. The summed E-state index contributed by atoms with van der Waals surface area (Å²) >= 11 is 5.78. The van der Waals surface area contributed by atoms with Gasteiger partial charge in [0.1, 0.15) is 12.3 Å². The molecular formula is C11H12ClNO4. The number of carbonyl (C=O) groups excluding carboxylic acids is 2. The predicted octanol–water partition coefficient (Wildman–Crippen LogP) is 1.25. The Morgan fingerprint density at radius 1 is 1.35 bits per heavy atom. The van der Waals surface area contributed by atoms with Crippen molar-refractivity contribution in [3.63, 3.8) is 0 Å². The van der Waals surface area contributed by atoms with E-state index in [0.717, 1.165) is 0 Å². The first-order valence-corrected chi connectivity index (χ1v) is 5.15. The van der Waals surface area contributed by atoms with Gasteiger partial charge in [0, 0.05) is 5.02 Å². The largest absolute Gasteiger partial charge is 0.496 e. The molecule has 0 aromatic heterocycles. The maximum absolute atomic E-state index is 11.7. The SMILES string of the molecule is COC(=O)CNC(=O)c1cc(Cl)ccc1OC. The number of amides is 1. The van der Waals surface area contributed by atoms with Crippen LogP contribution in [0, 0.1) is 0 Å². The van der Waals surface area contributed by atoms with Crippen LogP contribution in [0.5, 0.6) is 5.75 Å². The van der Waals surface area contributed by atoms with Crippen LogP contribution in [-0.2, 0) is 9.53 Å². The second-order valence-corrected chi connectivity index (χ2v) is 3.54. The Bertz CT molecular complexity index is 433. The molecule has 0 saturated carbocycles. The molecule has 1 aromatic carbocycles. The molecule has 0 fully saturated rings. The highest BCUT2D eigenvalue weighted by molar-refractivity contribution is 6.31. The van der Waals surface area contributed by atoms with Crippen molar-refractivity contribution in [2.75, 3.05) is 20.8 Å². The minimum atomic E-state index is -0.528. The molecule has 1 aromatic rings. The Balaban J connectivity index is 2.80. The van der Waals surface area contributed by atoms with Crippen molar-refractivity contribution in [2.45, 2.75) is 0 Å². The summed E-state index contributed by atoms with van der Waals surface area (Å²) in [6, 6.07) is 4.65. The average molecular weight is 258 g/mol. The fourth-order valence-electron chi connectivity index (χ4n) is 1.18. The van der Waals surface area contributed by atoms with Crippen molar-refractivity contribution in [3.05, 3.63) is 28.8 Å². The summed E-state index contributed by atoms with van der Waals surface area (Å²) in [5.41, 5.74) is 0.268. The van der Waals surface area contributed by atoms with E-state index in [9.17, 15) is 9.59 Å². The van der Waals surface area contributed by atoms with Crippen LogP contribution in [0.4, 0.5) is 0 Å². The van der Waals surface area contributed by atoms with Gasteiger partial charge in [0.05, 0.1) is 19.8 Å². The summed E-state index contributed by atoms with van der Waals surface area (Å²) in [5.74, 6) is -0.592. The van der Waals surface area contributed by atoms with Gasteiger partial charge in [0.2, 0.25) is 0 Å². The zero-order valence-corrected chi connectivity index (χ0v) is 10.2. The highest BCUT2D eigenvalue weighted by atomic mass is 35.5. The molecule has 1 N–H and O–H groups in total. The van der Waals surface area contributed by atoms with Gasteiger partial charge in [-0.3, -0.25) is 9.59 Å². The van der Waals surface area contributed by atoms with Crippen LogP contribution >= 0.6 is 11.6 Å². The molecule has 1 amide bonds. The number of esters is 1. The Labute approximate surface area is 104 Å². The van der Waals surface area contributed by atoms with Gasteiger partial charge in [-0.15, -0.1) is 0 Å². The van der Waals surface area contributed by atoms with Crippen molar-refractivity contribution in [1.82, 2.24) is 5.32 Å². The minimum Gasteiger partial charge on any atom is -0.496 e. The van der Waals surface area contributed by atoms with Gasteiger partial charge in [0.15, 0.2) is 0 Å². The Hall–Kier alpha value is -1.75. The molecule has 0 aliphatic carbocycles. The number of ether oxygens (including phenoxy) is 2. The Morgan fingerprint density at radius 2 is 2.06 bits per heavy atom. The fraction of sp³-hybridized carbons (Fsp3) is 0.273. The van der Waals surface area contributed by atoms with E-state index >= 15 is 0 Å². The molecular weight excluding hydrogens is 246 g/mol. The van der Waals surface area contributed by atoms with E-state index in [-0.39, 0.29) is 12.1 Å². The van der Waals surface area contributed by atoms with E-state index in [4.69, 9.17) is 16.3 Å². The number of nitrogens with one attached hydrogen (secondary N) is 1. The molecule has 17 heavy (non-hydrogen) atoms. The maximum Gasteiger partial charge on any atom is 0.325 e. The van der Waals surface area contributed by atoms with E-state index in [0.29, 0.717) is 10.8 Å². The van der Waals surface area contributed by atoms with Crippen molar-refractivity contribution < 1.29 is 19.1 Å². The summed E-state index contributed by atoms with van der Waals surface area (Å²) < 4.78 is 9.42. The second kappa shape index (κ2) is 6.10. The fourth-order valence-corrected chi connectivity index (χ4v) is 1.35. The Kier molecular flexibility index (Phi) is 4.78. The lowest BCUT2D eigenvalue weighted by atomic mass is 10.2. The van der Waals surface area contributed by atoms with Gasteiger partial charge >= 0.3 is 5.97 Å². The molecule has 0 atom stereocenters. The van der Waals surface area contributed by atoms with E-state index in [1.807, 2.05) is 0 Å². The molecule has 92 valence electrons. The number of carbonyl (C=O) groups is 2. The van der Waals surface area contributed by atoms with Gasteiger partial charge in [-0.2, -0.15) is 0 Å². The molecule has 0 spiro atoms. The van der Waals surface area contributed by atoms with Gasteiger partial charge in [-0.25, -0.2) is 0 Å². The molecule has 0 unspecified atom stereocenters. The third-order valence-electron chi connectivity index (χ3n) is 2.03. The number of hydrogen-bond acceptors (Lipinski definition) is 4. The van der Waals surface area contributed by atoms with Crippen LogP contribution in [0.25, 0.3) is 0 Å². The van der Waals surface area contributed by atoms with Crippen LogP contribution in [-0.4, -0.2) is 32.6 Å². The summed E-state index contributed by atoms with van der Waals surface area (Å²) in [7, 11) is 2.69. The number of methoxy groups -OCH3 is 2. The Morgan fingerprint density at radius 3 is 2.65 bits per heavy atom. The summed E-state index contributed by atoms with van der Waals surface area (Å²) in [4.78, 5) is 22.6. The molecule has 0 bridgehead atoms. The molecule has 6 heteroatoms. The van der Waals surface area contributed by atoms with Gasteiger partial charge in [-0.1, -0.05) is 11.6 Å². The molecule has 0 heterocycles. The third kappa shape index (κ3) is 3.64. The molecule has 0 radical (unpaired) electrons. The predicted molar refractivity (Wildman–Crippen MR) is 62.4 cm³/mol. The number of rotatable bonds is 4. The lowest BCUT2D eigenvalue weighted by molar-refractivity contribution is -0.139. The smallest absolute Gasteiger partial charge is 0.325 e. The van der Waals surface area contributed by atoms with Crippen LogP contribution in [0.15, 0.2) is 18.2 Å². The normalized spacial score (nSPS) is 9.59. The van der Waals surface area contributed by atoms with Crippen LogP contribution in [0.1, 0.15) is 10.4 Å². The zero-order chi connectivity index (χ0) is 12.8. The highest BCUT2D eigenvalue weighted by Gasteiger charge is 2.13. The van der Waals surface area contributed by atoms with E-state index in [2.05, 4.69) is 10.1 Å². The highest BCUT2D eigenvalue weighted by Crippen LogP contribution is 2.22. The lowest BCUT2D eigenvalue weighted by Crippen LogP contribution is -2.30. The molecule has 0 aliphatic heterocycles. The summed E-state index contributed by atoms with van der Waals surface area (Å²) in [6.45, 7) is -0.203. The average Bonchev–Trinajstić information content (AvgIpc) is 2.35. The summed E-state index contributed by atoms with van der Waals surface area (Å²) in [6.07, 6.45) is 0. The van der Waals surface area contributed by atoms with E-state index in [1.54, 1.807) is 12.1 Å². The van der Waals surface area contributed by atoms with Crippen LogP contribution in [0.2, 0.25) is 5.02 Å². The van der Waals surface area contributed by atoms with Crippen molar-refractivity contribution in [2.24, 2.45) is 0 Å². The molecule has 0 aliphatic rings. The first-order valence-electron chi connectivity index (χ1n) is 4.77. The number of benzene rings is 1. The van der Waals surface area contributed by atoms with Crippen molar-refractivity contribution >= 4 is 23.5 Å². The first-order chi connectivity index (χ1) is 8.08. The monoisotopic (exact) mass is 257 g/mol. The standard InChI is InChI=1S/C11H12ClNO4/c1-16-9-4-3-7(12)5-8(9)11(15)13-6-10(14)17-2/h3-5H,6H2,1-2H3,(H,13,15). The zero-order valence-electron chi connectivity index (χ0n) is 9.45. The maximum atomic E-state index is 11.7. The topological polar surface area (TPSA) is 64.6 Å². The molecule has 1 rings (SSSR count). The number of halogens is 1. The van der Waals surface area contributed by atoms with E-state index in [1.165, 1.54) is 20.3 Å². The minimum absolute atomic E-state index is 0.203. The lowest BCUT2D eigenvalue weighted by Gasteiger charge is -2.08. The van der Waals surface area contributed by atoms with Crippen LogP contribution < -0.4 is 10.1 Å². The van der Waals surface area contributed by atoms with Crippen molar-refractivity contribution in [3.8, 4) is 5.75 Å². The van der Waals surface area contributed by atoms with Gasteiger partial charge in [-0.05, 0) is 18.2 Å². The van der Waals surface area contributed by atoms with E-state index < -0.39 is 11.9 Å². The molecule has 0 saturated heterocycles. The van der Waals surface area contributed by atoms with Crippen molar-refractivity contribution in [1.29, 1.82) is 0 Å². The van der Waals surface area contributed by atoms with Gasteiger partial charge < -0.3 is 14.8 Å². The number of hydrogen-bond donors (Lipinski definition) is 1. The second-order valence-electron chi connectivity index (χ2n) is 3.10. The summed E-state index contributed by atoms with van der Waals surface area (Å²) in [5, 5.41) is 2.81. The molecule has 5 nitrogen and oxygen atoms in total. The third-order valence-corrected chi connectivity index (χ3v) is 2.26.